The SMILES string of the molecule is Cc1cc2cc([C@H](c3nnnn3C3CCCCC3)N3CCN(Cc4ccco4)CC3)c(=O)[nH]c2cc1C. The predicted octanol–water partition coefficient (Wildman–Crippen LogP) is 4.14. The first kappa shape index (κ1) is 24.1. The molecule has 1 aromatic carbocycles. The smallest absolute Gasteiger partial charge is 0.253 e. The molecule has 0 bridgehead atoms. The van der Waals surface area contributed by atoms with E-state index in [0.29, 0.717) is 5.56 Å². The van der Waals surface area contributed by atoms with Gasteiger partial charge in [-0.25, -0.2) is 4.68 Å². The Bertz CT molecular complexity index is 1410. The number of fused-ring (bicyclic) bond motifs is 1. The lowest BCUT2D eigenvalue weighted by molar-refractivity contribution is 0.0937. The number of nitrogens with zero attached hydrogens (tertiary/aromatic N) is 6. The van der Waals surface area contributed by atoms with E-state index in [-0.39, 0.29) is 17.6 Å². The molecule has 3 aromatic heterocycles. The van der Waals surface area contributed by atoms with Crippen molar-refractivity contribution in [3.63, 3.8) is 0 Å². The number of aromatic amines is 1. The molecule has 194 valence electrons. The van der Waals surface area contributed by atoms with Crippen molar-refractivity contribution >= 4 is 10.9 Å². The number of hydrogen-bond donors (Lipinski definition) is 1. The summed E-state index contributed by atoms with van der Waals surface area (Å²) in [5.74, 6) is 1.75. The number of piperazine rings is 1. The highest BCUT2D eigenvalue weighted by atomic mass is 16.3. The van der Waals surface area contributed by atoms with E-state index in [0.717, 1.165) is 68.1 Å². The van der Waals surface area contributed by atoms with E-state index >= 15 is 0 Å². The molecule has 4 aromatic rings. The molecule has 1 N–H and O–H groups in total. The van der Waals surface area contributed by atoms with Gasteiger partial charge in [0.2, 0.25) is 0 Å². The Kier molecular flexibility index (Phi) is 6.65. The van der Waals surface area contributed by atoms with Crippen LogP contribution >= 0.6 is 0 Å². The third-order valence-electron chi connectivity index (χ3n) is 8.20. The summed E-state index contributed by atoms with van der Waals surface area (Å²) in [5.41, 5.74) is 3.88. The van der Waals surface area contributed by atoms with Crippen LogP contribution in [0.2, 0.25) is 0 Å². The number of aromatic nitrogens is 5. The predicted molar refractivity (Wildman–Crippen MR) is 141 cm³/mol. The molecule has 1 atom stereocenters. The molecule has 9 heteroatoms. The summed E-state index contributed by atoms with van der Waals surface area (Å²) < 4.78 is 7.58. The van der Waals surface area contributed by atoms with Crippen LogP contribution in [0.1, 0.15) is 72.5 Å². The molecule has 1 aliphatic carbocycles. The molecule has 1 saturated heterocycles. The van der Waals surface area contributed by atoms with Crippen LogP contribution in [-0.4, -0.2) is 61.2 Å². The quantitative estimate of drug-likeness (QED) is 0.424. The number of benzene rings is 1. The summed E-state index contributed by atoms with van der Waals surface area (Å²) in [7, 11) is 0. The topological polar surface area (TPSA) is 96.1 Å². The molecule has 1 aliphatic heterocycles. The first-order chi connectivity index (χ1) is 18.1. The van der Waals surface area contributed by atoms with Crippen LogP contribution in [0.3, 0.4) is 0 Å². The summed E-state index contributed by atoms with van der Waals surface area (Å²) in [4.78, 5) is 21.5. The number of rotatable bonds is 6. The Morgan fingerprint density at radius 3 is 2.59 bits per heavy atom. The zero-order chi connectivity index (χ0) is 25.4. The maximum atomic E-state index is 13.6. The number of pyridine rings is 1. The molecule has 6 rings (SSSR count). The van der Waals surface area contributed by atoms with Crippen molar-refractivity contribution in [2.24, 2.45) is 0 Å². The molecular weight excluding hydrogens is 466 g/mol. The van der Waals surface area contributed by atoms with Crippen molar-refractivity contribution < 1.29 is 4.42 Å². The standard InChI is InChI=1S/C28H35N7O2/c1-19-15-21-17-24(28(36)29-25(21)16-20(19)2)26(27-30-31-32-35(27)22-7-4-3-5-8-22)34-12-10-33(11-13-34)18-23-9-6-14-37-23/h6,9,14-17,22,26H,3-5,7-8,10-13,18H2,1-2H3,(H,29,36)/t26-/m1/s1. The lowest BCUT2D eigenvalue weighted by Gasteiger charge is -2.38. The lowest BCUT2D eigenvalue weighted by atomic mass is 9.95. The zero-order valence-electron chi connectivity index (χ0n) is 21.7. The Balaban J connectivity index is 1.37. The highest BCUT2D eigenvalue weighted by molar-refractivity contribution is 5.81. The van der Waals surface area contributed by atoms with Gasteiger partial charge in [-0.3, -0.25) is 14.6 Å². The monoisotopic (exact) mass is 501 g/mol. The largest absolute Gasteiger partial charge is 0.468 e. The lowest BCUT2D eigenvalue weighted by Crippen LogP contribution is -2.48. The van der Waals surface area contributed by atoms with Crippen LogP contribution in [0.25, 0.3) is 10.9 Å². The van der Waals surface area contributed by atoms with Crippen LogP contribution in [0.4, 0.5) is 0 Å². The first-order valence-electron chi connectivity index (χ1n) is 13.5. The molecule has 0 amide bonds. The van der Waals surface area contributed by atoms with E-state index in [9.17, 15) is 4.79 Å². The minimum Gasteiger partial charge on any atom is -0.468 e. The van der Waals surface area contributed by atoms with Crippen molar-refractivity contribution in [3.05, 3.63) is 75.2 Å². The average Bonchev–Trinajstić information content (AvgIpc) is 3.60. The van der Waals surface area contributed by atoms with Gasteiger partial charge in [-0.2, -0.15) is 0 Å². The van der Waals surface area contributed by atoms with Gasteiger partial charge in [-0.15, -0.1) is 5.10 Å². The molecular formula is C28H35N7O2. The van der Waals surface area contributed by atoms with Gasteiger partial charge in [0.25, 0.3) is 5.56 Å². The molecule has 2 aliphatic rings. The number of aryl methyl sites for hydroxylation is 2. The van der Waals surface area contributed by atoms with E-state index in [1.165, 1.54) is 30.4 Å². The van der Waals surface area contributed by atoms with E-state index in [1.54, 1.807) is 6.26 Å². The van der Waals surface area contributed by atoms with Gasteiger partial charge < -0.3 is 9.40 Å². The first-order valence-corrected chi connectivity index (χ1v) is 13.5. The normalized spacial score (nSPS) is 19.0. The van der Waals surface area contributed by atoms with Gasteiger partial charge in [0, 0.05) is 37.3 Å². The zero-order valence-corrected chi connectivity index (χ0v) is 21.7. The Labute approximate surface area is 216 Å². The van der Waals surface area contributed by atoms with Gasteiger partial charge in [0.05, 0.1) is 18.8 Å². The average molecular weight is 502 g/mol. The second kappa shape index (κ2) is 10.2. The van der Waals surface area contributed by atoms with E-state index < -0.39 is 0 Å². The molecule has 9 nitrogen and oxygen atoms in total. The van der Waals surface area contributed by atoms with E-state index in [2.05, 4.69) is 62.4 Å². The van der Waals surface area contributed by atoms with Crippen LogP contribution < -0.4 is 5.56 Å². The van der Waals surface area contributed by atoms with Gasteiger partial charge in [0.1, 0.15) is 11.8 Å². The molecule has 0 radical (unpaired) electrons. The fraction of sp³-hybridized carbons (Fsp3) is 0.500. The molecule has 4 heterocycles. The Morgan fingerprint density at radius 2 is 1.84 bits per heavy atom. The summed E-state index contributed by atoms with van der Waals surface area (Å²) in [6.07, 6.45) is 7.52. The van der Waals surface area contributed by atoms with Crippen LogP contribution in [0.5, 0.6) is 0 Å². The van der Waals surface area contributed by atoms with Gasteiger partial charge in [-0.05, 0) is 84.0 Å². The molecule has 37 heavy (non-hydrogen) atoms. The maximum Gasteiger partial charge on any atom is 0.253 e. The summed E-state index contributed by atoms with van der Waals surface area (Å²) in [6, 6.07) is 10.2. The number of nitrogens with one attached hydrogen (secondary N) is 1. The second-order valence-electron chi connectivity index (χ2n) is 10.6. The Morgan fingerprint density at radius 1 is 1.05 bits per heavy atom. The molecule has 0 spiro atoms. The molecule has 2 fully saturated rings. The number of furan rings is 1. The third kappa shape index (κ3) is 4.85. The van der Waals surface area contributed by atoms with Gasteiger partial charge in [0.15, 0.2) is 5.82 Å². The fourth-order valence-electron chi connectivity index (χ4n) is 5.96. The highest BCUT2D eigenvalue weighted by Crippen LogP contribution is 2.33. The van der Waals surface area contributed by atoms with Crippen molar-refractivity contribution in [1.82, 2.24) is 35.0 Å². The minimum absolute atomic E-state index is 0.0723. The minimum atomic E-state index is -0.308. The van der Waals surface area contributed by atoms with E-state index in [4.69, 9.17) is 4.42 Å². The Hall–Kier alpha value is -3.30. The fourth-order valence-corrected chi connectivity index (χ4v) is 5.96. The highest BCUT2D eigenvalue weighted by Gasteiger charge is 2.34. The summed E-state index contributed by atoms with van der Waals surface area (Å²) in [5, 5.41) is 14.2. The van der Waals surface area contributed by atoms with Crippen molar-refractivity contribution in [3.8, 4) is 0 Å². The summed E-state index contributed by atoms with van der Waals surface area (Å²) in [6.45, 7) is 8.36. The van der Waals surface area contributed by atoms with Crippen molar-refractivity contribution in [2.45, 2.75) is 64.6 Å². The third-order valence-corrected chi connectivity index (χ3v) is 8.20. The van der Waals surface area contributed by atoms with Crippen LogP contribution in [-0.2, 0) is 6.54 Å². The maximum absolute atomic E-state index is 13.6. The van der Waals surface area contributed by atoms with Crippen molar-refractivity contribution in [1.29, 1.82) is 0 Å². The van der Waals surface area contributed by atoms with Crippen molar-refractivity contribution in [2.75, 3.05) is 26.2 Å². The number of tetrazole rings is 1. The van der Waals surface area contributed by atoms with Gasteiger partial charge in [-0.1, -0.05) is 19.3 Å². The summed E-state index contributed by atoms with van der Waals surface area (Å²) >= 11 is 0. The van der Waals surface area contributed by atoms with E-state index in [1.807, 2.05) is 16.8 Å². The number of H-pyrrole nitrogens is 1. The van der Waals surface area contributed by atoms with Gasteiger partial charge >= 0.3 is 0 Å². The van der Waals surface area contributed by atoms with Crippen LogP contribution in [0, 0.1) is 13.8 Å². The second-order valence-corrected chi connectivity index (χ2v) is 10.6. The molecule has 0 unspecified atom stereocenters. The van der Waals surface area contributed by atoms with Crippen LogP contribution in [0.15, 0.2) is 45.8 Å². The molecule has 1 saturated carbocycles. The number of hydrogen-bond acceptors (Lipinski definition) is 7.